The van der Waals surface area contributed by atoms with E-state index in [9.17, 15) is 0 Å². The molecule has 6 aromatic rings. The van der Waals surface area contributed by atoms with Crippen LogP contribution in [0.1, 0.15) is 5.56 Å². The van der Waals surface area contributed by atoms with Crippen LogP contribution in [-0.2, 0) is 20.1 Å². The molecule has 4 aromatic carbocycles. The van der Waals surface area contributed by atoms with Crippen LogP contribution in [0, 0.1) is 12.1 Å². The van der Waals surface area contributed by atoms with Crippen molar-refractivity contribution in [2.45, 2.75) is 0 Å². The largest absolute Gasteiger partial charge is 0.296 e. The third-order valence-electron chi connectivity index (χ3n) is 5.52. The summed E-state index contributed by atoms with van der Waals surface area (Å²) in [5.74, 6) is 0. The smallest absolute Gasteiger partial charge is 0.0595 e. The van der Waals surface area contributed by atoms with Gasteiger partial charge in [0.05, 0.1) is 11.0 Å². The van der Waals surface area contributed by atoms with Gasteiger partial charge in [-0.15, -0.1) is 71.8 Å². The van der Waals surface area contributed by atoms with Crippen LogP contribution in [0.2, 0.25) is 0 Å². The molecular formula is C32H22IrN2-2. The van der Waals surface area contributed by atoms with Crippen molar-refractivity contribution in [1.82, 2.24) is 9.97 Å². The fourth-order valence-electron chi connectivity index (χ4n) is 3.74. The van der Waals surface area contributed by atoms with Crippen molar-refractivity contribution in [1.29, 1.82) is 0 Å². The van der Waals surface area contributed by atoms with E-state index in [1.54, 1.807) is 0 Å². The molecule has 0 spiro atoms. The molecule has 1 radical (unpaired) electrons. The molecule has 0 saturated heterocycles. The van der Waals surface area contributed by atoms with Gasteiger partial charge in [0.15, 0.2) is 0 Å². The van der Waals surface area contributed by atoms with E-state index in [-0.39, 0.29) is 20.1 Å². The van der Waals surface area contributed by atoms with Gasteiger partial charge in [-0.05, 0) is 45.9 Å². The van der Waals surface area contributed by atoms with Crippen molar-refractivity contribution >= 4 is 27.9 Å². The first-order valence-electron chi connectivity index (χ1n) is 11.1. The summed E-state index contributed by atoms with van der Waals surface area (Å²) in [6, 6.07) is 44.7. The minimum Gasteiger partial charge on any atom is -0.296 e. The molecule has 0 amide bonds. The van der Waals surface area contributed by atoms with Crippen molar-refractivity contribution in [2.24, 2.45) is 0 Å². The number of benzene rings is 4. The zero-order chi connectivity index (χ0) is 23.2. The van der Waals surface area contributed by atoms with E-state index in [0.29, 0.717) is 0 Å². The van der Waals surface area contributed by atoms with E-state index >= 15 is 0 Å². The molecule has 0 saturated carbocycles. The Morgan fingerprint density at radius 3 is 1.74 bits per heavy atom. The monoisotopic (exact) mass is 627 g/mol. The van der Waals surface area contributed by atoms with Crippen LogP contribution in [0.25, 0.3) is 50.4 Å². The maximum Gasteiger partial charge on any atom is 0.0595 e. The zero-order valence-electron chi connectivity index (χ0n) is 19.0. The van der Waals surface area contributed by atoms with Crippen molar-refractivity contribution < 1.29 is 20.1 Å². The standard InChI is InChI=1S/C17H12N.C15H10N.Ir/c1-2-13-8-10-17-15(12-13)9-11-16(18-17)14-6-4-3-5-7-14;1-2-6-12(7-3-1)15-11-10-13-8-4-5-9-14(13)16-15;/h2-6,8-12H,1H2;1-6,8-11H;/q2*-1;. The first-order valence-corrected chi connectivity index (χ1v) is 11.1. The minimum atomic E-state index is 0. The van der Waals surface area contributed by atoms with Gasteiger partial charge in [-0.25, -0.2) is 0 Å². The van der Waals surface area contributed by atoms with Gasteiger partial charge >= 0.3 is 0 Å². The first kappa shape index (κ1) is 24.2. The van der Waals surface area contributed by atoms with Gasteiger partial charge in [-0.1, -0.05) is 61.2 Å². The van der Waals surface area contributed by atoms with Crippen LogP contribution in [0.5, 0.6) is 0 Å². The van der Waals surface area contributed by atoms with Crippen LogP contribution in [0.3, 0.4) is 0 Å². The molecule has 0 fully saturated rings. The van der Waals surface area contributed by atoms with Crippen molar-refractivity contribution in [3.05, 3.63) is 140 Å². The Hall–Kier alpha value is -3.91. The molecule has 0 aliphatic carbocycles. The molecular weight excluding hydrogens is 605 g/mol. The summed E-state index contributed by atoms with van der Waals surface area (Å²) >= 11 is 0. The molecule has 0 unspecified atom stereocenters. The van der Waals surface area contributed by atoms with Gasteiger partial charge in [-0.3, -0.25) is 9.97 Å². The van der Waals surface area contributed by atoms with Gasteiger partial charge in [0, 0.05) is 20.1 Å². The van der Waals surface area contributed by atoms with Crippen molar-refractivity contribution in [2.75, 3.05) is 0 Å². The van der Waals surface area contributed by atoms with E-state index in [4.69, 9.17) is 0 Å². The van der Waals surface area contributed by atoms with E-state index in [0.717, 1.165) is 44.5 Å². The topological polar surface area (TPSA) is 25.8 Å². The average Bonchev–Trinajstić information content (AvgIpc) is 2.93. The van der Waals surface area contributed by atoms with Gasteiger partial charge in [-0.2, -0.15) is 0 Å². The molecule has 2 nitrogen and oxygen atoms in total. The quantitative estimate of drug-likeness (QED) is 0.186. The van der Waals surface area contributed by atoms with Crippen molar-refractivity contribution in [3.63, 3.8) is 0 Å². The molecule has 0 aliphatic heterocycles. The van der Waals surface area contributed by atoms with Gasteiger partial charge < -0.3 is 0 Å². The minimum absolute atomic E-state index is 0. The molecule has 171 valence electrons. The summed E-state index contributed by atoms with van der Waals surface area (Å²) in [4.78, 5) is 9.27. The summed E-state index contributed by atoms with van der Waals surface area (Å²) in [5, 5.41) is 2.30. The second-order valence-corrected chi connectivity index (χ2v) is 7.79. The van der Waals surface area contributed by atoms with Crippen LogP contribution >= 0.6 is 0 Å². The summed E-state index contributed by atoms with van der Waals surface area (Å²) in [6.07, 6.45) is 1.85. The Morgan fingerprint density at radius 2 is 1.14 bits per heavy atom. The third-order valence-corrected chi connectivity index (χ3v) is 5.52. The molecule has 0 atom stereocenters. The Labute approximate surface area is 219 Å². The van der Waals surface area contributed by atoms with Crippen LogP contribution < -0.4 is 0 Å². The molecule has 6 rings (SSSR count). The number of hydrogen-bond acceptors (Lipinski definition) is 2. The Kier molecular flexibility index (Phi) is 7.95. The fourth-order valence-corrected chi connectivity index (χ4v) is 3.74. The normalized spacial score (nSPS) is 10.2. The molecule has 3 heteroatoms. The predicted octanol–water partition coefficient (Wildman–Crippen LogP) is 8.04. The average molecular weight is 627 g/mol. The Bertz CT molecular complexity index is 1560. The number of nitrogens with zero attached hydrogens (tertiary/aromatic N) is 2. The number of aromatic nitrogens is 2. The summed E-state index contributed by atoms with van der Waals surface area (Å²) in [5.41, 5.74) is 7.12. The van der Waals surface area contributed by atoms with Crippen molar-refractivity contribution in [3.8, 4) is 22.5 Å². The molecule has 0 bridgehead atoms. The van der Waals surface area contributed by atoms with Gasteiger partial charge in [0.25, 0.3) is 0 Å². The SMILES string of the molecule is C=Cc1ccc2nc(-c3[c-]cccc3)ccc2c1.[Ir].[c-]1ccccc1-c1ccc2ccccc2n1. The molecule has 0 aliphatic rings. The van der Waals surface area contributed by atoms with Gasteiger partial charge in [0.1, 0.15) is 0 Å². The number of para-hydroxylation sites is 1. The molecule has 0 N–H and O–H groups in total. The van der Waals surface area contributed by atoms with E-state index in [1.807, 2.05) is 97.1 Å². The third kappa shape index (κ3) is 5.78. The predicted molar refractivity (Wildman–Crippen MR) is 142 cm³/mol. The second-order valence-electron chi connectivity index (χ2n) is 7.79. The van der Waals surface area contributed by atoms with E-state index in [2.05, 4.69) is 52.9 Å². The first-order chi connectivity index (χ1) is 16.8. The maximum atomic E-state index is 4.66. The Balaban J connectivity index is 0.000000161. The second kappa shape index (κ2) is 11.5. The summed E-state index contributed by atoms with van der Waals surface area (Å²) in [6.45, 7) is 3.78. The molecule has 35 heavy (non-hydrogen) atoms. The molecule has 2 heterocycles. The van der Waals surface area contributed by atoms with E-state index in [1.165, 1.54) is 5.39 Å². The maximum absolute atomic E-state index is 4.66. The van der Waals surface area contributed by atoms with Crippen LogP contribution in [0.15, 0.2) is 122 Å². The van der Waals surface area contributed by atoms with Gasteiger partial charge in [0.2, 0.25) is 0 Å². The zero-order valence-corrected chi connectivity index (χ0v) is 21.4. The fraction of sp³-hybridized carbons (Fsp3) is 0. The van der Waals surface area contributed by atoms with Crippen LogP contribution in [0.4, 0.5) is 0 Å². The Morgan fingerprint density at radius 1 is 0.571 bits per heavy atom. The number of fused-ring (bicyclic) bond motifs is 2. The van der Waals surface area contributed by atoms with E-state index < -0.39 is 0 Å². The number of pyridine rings is 2. The molecule has 2 aromatic heterocycles. The van der Waals surface area contributed by atoms with Crippen LogP contribution in [-0.4, -0.2) is 9.97 Å². The number of rotatable bonds is 3. The number of hydrogen-bond donors (Lipinski definition) is 0. The summed E-state index contributed by atoms with van der Waals surface area (Å²) < 4.78 is 0. The summed E-state index contributed by atoms with van der Waals surface area (Å²) in [7, 11) is 0.